The Kier molecular flexibility index (Phi) is 4.05. The normalized spacial score (nSPS) is 20.2. The predicted molar refractivity (Wildman–Crippen MR) is 77.6 cm³/mol. The van der Waals surface area contributed by atoms with Gasteiger partial charge in [0.2, 0.25) is 0 Å². The molecule has 20 heavy (non-hydrogen) atoms. The van der Waals surface area contributed by atoms with Crippen LogP contribution in [0.25, 0.3) is 0 Å². The molecule has 1 unspecified atom stereocenters. The minimum absolute atomic E-state index is 0.0107. The van der Waals surface area contributed by atoms with Gasteiger partial charge in [-0.05, 0) is 13.8 Å². The van der Waals surface area contributed by atoms with Crippen molar-refractivity contribution in [2.24, 2.45) is 0 Å². The van der Waals surface area contributed by atoms with E-state index in [9.17, 15) is 0 Å². The van der Waals surface area contributed by atoms with Gasteiger partial charge in [0.05, 0.1) is 34.9 Å². The van der Waals surface area contributed by atoms with Crippen LogP contribution < -0.4 is 0 Å². The Balaban J connectivity index is 1.65. The van der Waals surface area contributed by atoms with Crippen LogP contribution in [0.2, 0.25) is 0 Å². The second-order valence-corrected chi connectivity index (χ2v) is 6.10. The van der Waals surface area contributed by atoms with E-state index in [2.05, 4.69) is 25.2 Å². The fraction of sp³-hybridized carbons (Fsp3) is 0.500. The van der Waals surface area contributed by atoms with Gasteiger partial charge in [-0.1, -0.05) is 0 Å². The average molecular weight is 290 g/mol. The van der Waals surface area contributed by atoms with E-state index in [1.54, 1.807) is 17.5 Å². The topological polar surface area (TPSA) is 51.1 Å². The fourth-order valence-corrected chi connectivity index (χ4v) is 2.91. The molecule has 106 valence electrons. The molecular formula is C14H18N4OS. The van der Waals surface area contributed by atoms with Crippen LogP contribution >= 0.6 is 11.3 Å². The summed E-state index contributed by atoms with van der Waals surface area (Å²) < 4.78 is 5.82. The van der Waals surface area contributed by atoms with Crippen LogP contribution in [0, 0.1) is 13.8 Å². The van der Waals surface area contributed by atoms with Gasteiger partial charge in [0, 0.05) is 31.2 Å². The maximum Gasteiger partial charge on any atom is 0.114 e. The molecule has 0 aliphatic carbocycles. The van der Waals surface area contributed by atoms with E-state index in [-0.39, 0.29) is 6.10 Å². The van der Waals surface area contributed by atoms with Gasteiger partial charge in [0.1, 0.15) is 6.10 Å². The summed E-state index contributed by atoms with van der Waals surface area (Å²) in [4.78, 5) is 15.6. The van der Waals surface area contributed by atoms with Crippen LogP contribution in [0.1, 0.15) is 28.2 Å². The molecule has 1 atom stereocenters. The lowest BCUT2D eigenvalue weighted by Crippen LogP contribution is -2.38. The SMILES string of the molecule is Cc1cnc(C2CN(Cc3csc(C)n3)CCO2)cn1. The average Bonchev–Trinajstić information content (AvgIpc) is 2.85. The first-order chi connectivity index (χ1) is 9.70. The zero-order valence-electron chi connectivity index (χ0n) is 11.7. The molecule has 2 aromatic heterocycles. The highest BCUT2D eigenvalue weighted by atomic mass is 32.1. The van der Waals surface area contributed by atoms with Crippen molar-refractivity contribution in [2.45, 2.75) is 26.5 Å². The number of rotatable bonds is 3. The lowest BCUT2D eigenvalue weighted by atomic mass is 10.2. The van der Waals surface area contributed by atoms with E-state index >= 15 is 0 Å². The standard InChI is InChI=1S/C14H18N4OS/c1-10-5-16-13(6-15-10)14-8-18(3-4-19-14)7-12-9-20-11(2)17-12/h5-6,9,14H,3-4,7-8H2,1-2H3. The molecule has 0 saturated carbocycles. The first-order valence-corrected chi connectivity index (χ1v) is 7.62. The van der Waals surface area contributed by atoms with E-state index in [1.807, 2.05) is 20.0 Å². The molecule has 5 nitrogen and oxygen atoms in total. The molecule has 1 fully saturated rings. The largest absolute Gasteiger partial charge is 0.369 e. The molecule has 1 aliphatic heterocycles. The molecule has 0 aromatic carbocycles. The highest BCUT2D eigenvalue weighted by Gasteiger charge is 2.23. The van der Waals surface area contributed by atoms with Gasteiger partial charge >= 0.3 is 0 Å². The first kappa shape index (κ1) is 13.6. The third kappa shape index (κ3) is 3.20. The number of hydrogen-bond donors (Lipinski definition) is 0. The summed E-state index contributed by atoms with van der Waals surface area (Å²) in [5.41, 5.74) is 2.98. The molecule has 0 spiro atoms. The van der Waals surface area contributed by atoms with Crippen molar-refractivity contribution >= 4 is 11.3 Å². The maximum absolute atomic E-state index is 5.82. The lowest BCUT2D eigenvalue weighted by molar-refractivity contribution is -0.0354. The Labute approximate surface area is 122 Å². The summed E-state index contributed by atoms with van der Waals surface area (Å²) in [6, 6.07) is 0. The van der Waals surface area contributed by atoms with Crippen molar-refractivity contribution in [1.82, 2.24) is 19.9 Å². The molecule has 6 heteroatoms. The molecule has 0 bridgehead atoms. The van der Waals surface area contributed by atoms with E-state index < -0.39 is 0 Å². The van der Waals surface area contributed by atoms with Crippen LogP contribution in [0.15, 0.2) is 17.8 Å². The van der Waals surface area contributed by atoms with Gasteiger partial charge in [-0.25, -0.2) is 4.98 Å². The number of aryl methyl sites for hydroxylation is 2. The van der Waals surface area contributed by atoms with E-state index in [0.717, 1.165) is 48.3 Å². The molecule has 1 saturated heterocycles. The van der Waals surface area contributed by atoms with Gasteiger partial charge in [0.25, 0.3) is 0 Å². The summed E-state index contributed by atoms with van der Waals surface area (Å²) in [5.74, 6) is 0. The molecule has 2 aromatic rings. The maximum atomic E-state index is 5.82. The van der Waals surface area contributed by atoms with Gasteiger partial charge in [-0.15, -0.1) is 11.3 Å². The number of morpholine rings is 1. The zero-order chi connectivity index (χ0) is 13.9. The number of thiazole rings is 1. The smallest absolute Gasteiger partial charge is 0.114 e. The molecule has 0 N–H and O–H groups in total. The third-order valence-corrected chi connectivity index (χ3v) is 4.16. The summed E-state index contributed by atoms with van der Waals surface area (Å²) in [6.07, 6.45) is 3.62. The van der Waals surface area contributed by atoms with Gasteiger partial charge in [-0.2, -0.15) is 0 Å². The van der Waals surface area contributed by atoms with Crippen LogP contribution in [0.3, 0.4) is 0 Å². The van der Waals surface area contributed by atoms with Gasteiger partial charge in [-0.3, -0.25) is 14.9 Å². The highest BCUT2D eigenvalue weighted by molar-refractivity contribution is 7.09. The van der Waals surface area contributed by atoms with Gasteiger partial charge < -0.3 is 4.74 Å². The number of hydrogen-bond acceptors (Lipinski definition) is 6. The lowest BCUT2D eigenvalue weighted by Gasteiger charge is -2.32. The Morgan fingerprint density at radius 3 is 2.95 bits per heavy atom. The van der Waals surface area contributed by atoms with E-state index in [4.69, 9.17) is 4.74 Å². The first-order valence-electron chi connectivity index (χ1n) is 6.74. The molecule has 3 rings (SSSR count). The van der Waals surface area contributed by atoms with E-state index in [1.165, 1.54) is 0 Å². The zero-order valence-corrected chi connectivity index (χ0v) is 12.6. The summed E-state index contributed by atoms with van der Waals surface area (Å²) in [7, 11) is 0. The summed E-state index contributed by atoms with van der Waals surface area (Å²) in [6.45, 7) is 7.36. The van der Waals surface area contributed by atoms with Crippen molar-refractivity contribution in [1.29, 1.82) is 0 Å². The fourth-order valence-electron chi connectivity index (χ4n) is 2.30. The number of ether oxygens (including phenoxy) is 1. The van der Waals surface area contributed by atoms with Crippen LogP contribution in [-0.4, -0.2) is 39.5 Å². The highest BCUT2D eigenvalue weighted by Crippen LogP contribution is 2.21. The molecular weight excluding hydrogens is 272 g/mol. The summed E-state index contributed by atoms with van der Waals surface area (Å²) in [5, 5.41) is 3.25. The second kappa shape index (κ2) is 5.95. The molecule has 0 radical (unpaired) electrons. The van der Waals surface area contributed by atoms with Crippen LogP contribution in [0.5, 0.6) is 0 Å². The van der Waals surface area contributed by atoms with Crippen molar-refractivity contribution in [2.75, 3.05) is 19.7 Å². The monoisotopic (exact) mass is 290 g/mol. The van der Waals surface area contributed by atoms with Gasteiger partial charge in [0.15, 0.2) is 0 Å². The molecule has 3 heterocycles. The Morgan fingerprint density at radius 1 is 1.35 bits per heavy atom. The Hall–Kier alpha value is -1.37. The van der Waals surface area contributed by atoms with Crippen LogP contribution in [0.4, 0.5) is 0 Å². The van der Waals surface area contributed by atoms with Crippen molar-refractivity contribution in [3.63, 3.8) is 0 Å². The number of aromatic nitrogens is 3. The van der Waals surface area contributed by atoms with Crippen molar-refractivity contribution in [3.8, 4) is 0 Å². The predicted octanol–water partition coefficient (Wildman–Crippen LogP) is 2.12. The van der Waals surface area contributed by atoms with E-state index in [0.29, 0.717) is 0 Å². The van der Waals surface area contributed by atoms with Crippen molar-refractivity contribution in [3.05, 3.63) is 39.9 Å². The molecule has 1 aliphatic rings. The molecule has 0 amide bonds. The third-order valence-electron chi connectivity index (χ3n) is 3.33. The van der Waals surface area contributed by atoms with Crippen LogP contribution in [-0.2, 0) is 11.3 Å². The Morgan fingerprint density at radius 2 is 2.25 bits per heavy atom. The van der Waals surface area contributed by atoms with Crippen molar-refractivity contribution < 1.29 is 4.74 Å². The minimum atomic E-state index is 0.0107. The summed E-state index contributed by atoms with van der Waals surface area (Å²) >= 11 is 1.70. The second-order valence-electron chi connectivity index (χ2n) is 5.04. The minimum Gasteiger partial charge on any atom is -0.369 e. The number of nitrogens with zero attached hydrogens (tertiary/aromatic N) is 4. The quantitative estimate of drug-likeness (QED) is 0.866. The Bertz CT molecular complexity index is 569.